The average molecular weight is 321 g/mol. The summed E-state index contributed by atoms with van der Waals surface area (Å²) in [6, 6.07) is 4.15. The van der Waals surface area contributed by atoms with Crippen LogP contribution in [-0.4, -0.2) is 4.98 Å². The molecule has 2 N–H and O–H groups in total. The summed E-state index contributed by atoms with van der Waals surface area (Å²) >= 11 is 3.48. The van der Waals surface area contributed by atoms with E-state index in [4.69, 9.17) is 10.5 Å². The van der Waals surface area contributed by atoms with Crippen molar-refractivity contribution in [1.29, 1.82) is 0 Å². The first-order valence-electron chi connectivity index (χ1n) is 6.06. The number of nitrogens with two attached hydrogens (primary N) is 1. The van der Waals surface area contributed by atoms with Crippen molar-refractivity contribution in [3.63, 3.8) is 0 Å². The zero-order valence-corrected chi connectivity index (χ0v) is 13.1. The molecule has 1 heterocycles. The van der Waals surface area contributed by atoms with Crippen LogP contribution in [0.1, 0.15) is 22.3 Å². The fourth-order valence-corrected chi connectivity index (χ4v) is 2.26. The van der Waals surface area contributed by atoms with E-state index < -0.39 is 0 Å². The molecule has 4 heteroatoms. The van der Waals surface area contributed by atoms with Crippen LogP contribution in [0.4, 0.5) is 5.69 Å². The van der Waals surface area contributed by atoms with Crippen LogP contribution in [0, 0.1) is 27.7 Å². The first-order chi connectivity index (χ1) is 8.90. The molecule has 0 aliphatic rings. The number of ether oxygens (including phenoxy) is 1. The second-order valence-corrected chi connectivity index (χ2v) is 5.56. The summed E-state index contributed by atoms with van der Waals surface area (Å²) in [5.74, 6) is 1.37. The van der Waals surface area contributed by atoms with Gasteiger partial charge in [0, 0.05) is 0 Å². The van der Waals surface area contributed by atoms with Gasteiger partial charge in [-0.25, -0.2) is 4.98 Å². The van der Waals surface area contributed by atoms with Crippen LogP contribution in [0.5, 0.6) is 11.6 Å². The van der Waals surface area contributed by atoms with Gasteiger partial charge in [-0.3, -0.25) is 0 Å². The first kappa shape index (κ1) is 13.9. The highest BCUT2D eigenvalue weighted by Gasteiger charge is 2.12. The third kappa shape index (κ3) is 2.73. The van der Waals surface area contributed by atoms with Crippen LogP contribution in [0.25, 0.3) is 0 Å². The van der Waals surface area contributed by atoms with Gasteiger partial charge in [-0.2, -0.15) is 0 Å². The van der Waals surface area contributed by atoms with Crippen molar-refractivity contribution in [1.82, 2.24) is 4.98 Å². The van der Waals surface area contributed by atoms with Crippen LogP contribution in [0.15, 0.2) is 22.8 Å². The summed E-state index contributed by atoms with van der Waals surface area (Å²) in [7, 11) is 0. The number of hydrogen-bond donors (Lipinski definition) is 1. The summed E-state index contributed by atoms with van der Waals surface area (Å²) in [6.07, 6.45) is 1.62. The van der Waals surface area contributed by atoms with Crippen LogP contribution in [0.2, 0.25) is 0 Å². The average Bonchev–Trinajstić information content (AvgIpc) is 2.36. The van der Waals surface area contributed by atoms with Crippen molar-refractivity contribution >= 4 is 21.6 Å². The number of halogens is 1. The van der Waals surface area contributed by atoms with Crippen molar-refractivity contribution in [2.45, 2.75) is 27.7 Å². The molecule has 0 fully saturated rings. The monoisotopic (exact) mass is 320 g/mol. The van der Waals surface area contributed by atoms with Gasteiger partial charge in [0.1, 0.15) is 5.75 Å². The number of rotatable bonds is 2. The molecule has 2 rings (SSSR count). The summed E-state index contributed by atoms with van der Waals surface area (Å²) in [5, 5.41) is 0. The second-order valence-electron chi connectivity index (χ2n) is 4.76. The molecular formula is C15H17BrN2O. The van der Waals surface area contributed by atoms with Gasteiger partial charge in [0.2, 0.25) is 5.88 Å². The third-order valence-corrected chi connectivity index (χ3v) is 4.18. The highest BCUT2D eigenvalue weighted by atomic mass is 79.9. The van der Waals surface area contributed by atoms with E-state index in [-0.39, 0.29) is 0 Å². The Kier molecular flexibility index (Phi) is 3.80. The summed E-state index contributed by atoms with van der Waals surface area (Å²) in [5.41, 5.74) is 10.9. The van der Waals surface area contributed by atoms with Crippen LogP contribution < -0.4 is 10.5 Å². The van der Waals surface area contributed by atoms with E-state index in [1.165, 1.54) is 11.1 Å². The first-order valence-corrected chi connectivity index (χ1v) is 6.85. The molecule has 0 spiro atoms. The molecular weight excluding hydrogens is 304 g/mol. The molecule has 0 amide bonds. The van der Waals surface area contributed by atoms with Gasteiger partial charge >= 0.3 is 0 Å². The molecule has 0 radical (unpaired) electrons. The second kappa shape index (κ2) is 5.21. The fraction of sp³-hybridized carbons (Fsp3) is 0.267. The zero-order chi connectivity index (χ0) is 14.2. The van der Waals surface area contributed by atoms with Crippen LogP contribution >= 0.6 is 15.9 Å². The lowest BCUT2D eigenvalue weighted by Crippen LogP contribution is -1.98. The zero-order valence-electron chi connectivity index (χ0n) is 11.5. The molecule has 0 saturated heterocycles. The minimum absolute atomic E-state index is 0.541. The normalized spacial score (nSPS) is 10.6. The van der Waals surface area contributed by atoms with Gasteiger partial charge in [-0.05, 0) is 71.9 Å². The van der Waals surface area contributed by atoms with Gasteiger partial charge < -0.3 is 10.5 Å². The summed E-state index contributed by atoms with van der Waals surface area (Å²) in [6.45, 7) is 8.10. The highest BCUT2D eigenvalue weighted by Crippen LogP contribution is 2.34. The topological polar surface area (TPSA) is 48.1 Å². The minimum Gasteiger partial charge on any atom is -0.438 e. The minimum atomic E-state index is 0.541. The number of pyridine rings is 1. The third-order valence-electron chi connectivity index (χ3n) is 3.24. The van der Waals surface area contributed by atoms with E-state index in [2.05, 4.69) is 40.8 Å². The Balaban J connectivity index is 2.45. The number of benzene rings is 1. The Bertz CT molecular complexity index is 639. The Hall–Kier alpha value is -1.55. The Morgan fingerprint density at radius 2 is 1.79 bits per heavy atom. The Morgan fingerprint density at radius 1 is 1.11 bits per heavy atom. The fourth-order valence-electron chi connectivity index (χ4n) is 1.85. The summed E-state index contributed by atoms with van der Waals surface area (Å²) < 4.78 is 6.72. The van der Waals surface area contributed by atoms with Crippen molar-refractivity contribution in [2.75, 3.05) is 5.73 Å². The number of nitrogens with zero attached hydrogens (tertiary/aromatic N) is 1. The van der Waals surface area contributed by atoms with E-state index in [0.717, 1.165) is 21.3 Å². The smallest absolute Gasteiger partial charge is 0.234 e. The maximum absolute atomic E-state index is 5.92. The number of aromatic nitrogens is 1. The van der Waals surface area contributed by atoms with Crippen molar-refractivity contribution in [3.8, 4) is 11.6 Å². The van der Waals surface area contributed by atoms with E-state index in [1.807, 2.05) is 19.9 Å². The van der Waals surface area contributed by atoms with Crippen molar-refractivity contribution in [3.05, 3.63) is 45.1 Å². The lowest BCUT2D eigenvalue weighted by Gasteiger charge is -2.13. The molecule has 19 heavy (non-hydrogen) atoms. The maximum Gasteiger partial charge on any atom is 0.234 e. The largest absolute Gasteiger partial charge is 0.438 e. The molecule has 3 nitrogen and oxygen atoms in total. The molecule has 0 aliphatic carbocycles. The van der Waals surface area contributed by atoms with E-state index >= 15 is 0 Å². The highest BCUT2D eigenvalue weighted by molar-refractivity contribution is 9.10. The van der Waals surface area contributed by atoms with Crippen LogP contribution in [-0.2, 0) is 0 Å². The SMILES string of the molecule is Cc1cc(C)c(C)c(Oc2ncc(N)c(C)c2Br)c1. The predicted molar refractivity (Wildman–Crippen MR) is 81.8 cm³/mol. The lowest BCUT2D eigenvalue weighted by atomic mass is 10.1. The number of anilines is 1. The number of nitrogen functional groups attached to an aromatic ring is 1. The predicted octanol–water partition coefficient (Wildman–Crippen LogP) is 4.45. The molecule has 1 aromatic carbocycles. The molecule has 0 atom stereocenters. The summed E-state index contributed by atoms with van der Waals surface area (Å²) in [4.78, 5) is 4.24. The lowest BCUT2D eigenvalue weighted by molar-refractivity contribution is 0.455. The molecule has 100 valence electrons. The molecule has 0 aliphatic heterocycles. The molecule has 1 aromatic heterocycles. The van der Waals surface area contributed by atoms with E-state index in [9.17, 15) is 0 Å². The quantitative estimate of drug-likeness (QED) is 0.889. The van der Waals surface area contributed by atoms with Gasteiger partial charge in [0.05, 0.1) is 16.4 Å². The van der Waals surface area contributed by atoms with Gasteiger partial charge in [0.25, 0.3) is 0 Å². The van der Waals surface area contributed by atoms with Crippen molar-refractivity contribution < 1.29 is 4.74 Å². The van der Waals surface area contributed by atoms with Gasteiger partial charge in [-0.15, -0.1) is 0 Å². The number of aryl methyl sites for hydroxylation is 2. The molecule has 0 bridgehead atoms. The van der Waals surface area contributed by atoms with Gasteiger partial charge in [0.15, 0.2) is 0 Å². The van der Waals surface area contributed by atoms with Gasteiger partial charge in [-0.1, -0.05) is 6.07 Å². The molecule has 0 saturated carbocycles. The van der Waals surface area contributed by atoms with E-state index in [0.29, 0.717) is 11.6 Å². The Labute approximate surface area is 121 Å². The van der Waals surface area contributed by atoms with E-state index in [1.54, 1.807) is 6.20 Å². The Morgan fingerprint density at radius 3 is 2.47 bits per heavy atom. The standard InChI is InChI=1S/C15H17BrN2O/c1-8-5-9(2)10(3)13(6-8)19-15-14(16)11(4)12(17)7-18-15/h5-7H,17H2,1-4H3. The van der Waals surface area contributed by atoms with Crippen LogP contribution in [0.3, 0.4) is 0 Å². The van der Waals surface area contributed by atoms with Crippen molar-refractivity contribution in [2.24, 2.45) is 0 Å². The molecule has 2 aromatic rings. The maximum atomic E-state index is 5.92. The molecule has 0 unspecified atom stereocenters. The number of hydrogen-bond acceptors (Lipinski definition) is 3.